The van der Waals surface area contributed by atoms with Crippen molar-refractivity contribution in [2.24, 2.45) is 0 Å². The first kappa shape index (κ1) is 31.2. The van der Waals surface area contributed by atoms with Crippen molar-refractivity contribution in [3.05, 3.63) is 83.4 Å². The number of hydrogen-bond donors (Lipinski definition) is 1. The van der Waals surface area contributed by atoms with Gasteiger partial charge < -0.3 is 19.7 Å². The number of amides is 2. The minimum Gasteiger partial charge on any atom is -0.486 e. The number of carbonyl (C=O) groups excluding carboxylic acids is 2. The Bertz CT molecular complexity index is 1530. The van der Waals surface area contributed by atoms with Crippen LogP contribution >= 0.6 is 11.6 Å². The molecule has 4 rings (SSSR count). The van der Waals surface area contributed by atoms with E-state index in [4.69, 9.17) is 21.1 Å². The molecule has 0 aliphatic carbocycles. The molecule has 1 aliphatic rings. The number of rotatable bonds is 10. The number of fused-ring (bicyclic) bond motifs is 1. The number of nitrogens with one attached hydrogen (secondary N) is 1. The number of carbonyl (C=O) groups is 2. The average molecular weight is 614 g/mol. The molecule has 224 valence electrons. The van der Waals surface area contributed by atoms with Crippen molar-refractivity contribution in [3.8, 4) is 11.5 Å². The molecule has 0 fully saturated rings. The lowest BCUT2D eigenvalue weighted by atomic mass is 10.1. The van der Waals surface area contributed by atoms with E-state index in [1.165, 1.54) is 17.0 Å². The zero-order chi connectivity index (χ0) is 30.5. The molecule has 0 saturated carbocycles. The standard InChI is InChI=1S/C31H36ClN3O6S/c1-5-26(30(37)33-31(2,3)4)34(20-22-11-9-10-14-25(22)32)29(36)21-35(42(38,39)24-12-7-6-8-13-24)23-15-16-27-28(19-23)41-18-17-40-27/h6-16,19,26H,5,17-18,20-21H2,1-4H3,(H,33,37). The van der Waals surface area contributed by atoms with Gasteiger partial charge in [0, 0.05) is 23.2 Å². The number of anilines is 1. The van der Waals surface area contributed by atoms with Gasteiger partial charge in [0.15, 0.2) is 11.5 Å². The summed E-state index contributed by atoms with van der Waals surface area (Å²) in [5.74, 6) is -0.0515. The van der Waals surface area contributed by atoms with E-state index < -0.39 is 34.1 Å². The molecule has 0 aromatic heterocycles. The quantitative estimate of drug-likeness (QED) is 0.344. The van der Waals surface area contributed by atoms with Crippen molar-refractivity contribution in [3.63, 3.8) is 0 Å². The van der Waals surface area contributed by atoms with Crippen LogP contribution in [0.1, 0.15) is 39.7 Å². The van der Waals surface area contributed by atoms with E-state index in [1.807, 2.05) is 20.8 Å². The molecular weight excluding hydrogens is 578 g/mol. The maximum atomic E-state index is 14.2. The molecule has 0 saturated heterocycles. The molecule has 3 aromatic carbocycles. The molecule has 0 radical (unpaired) electrons. The van der Waals surface area contributed by atoms with Crippen molar-refractivity contribution < 1.29 is 27.5 Å². The number of hydrogen-bond acceptors (Lipinski definition) is 6. The van der Waals surface area contributed by atoms with Gasteiger partial charge in [0.25, 0.3) is 10.0 Å². The molecule has 9 nitrogen and oxygen atoms in total. The summed E-state index contributed by atoms with van der Waals surface area (Å²) < 4.78 is 40.4. The molecular formula is C31H36ClN3O6S. The van der Waals surface area contributed by atoms with Gasteiger partial charge in [-0.2, -0.15) is 0 Å². The van der Waals surface area contributed by atoms with Gasteiger partial charge >= 0.3 is 0 Å². The van der Waals surface area contributed by atoms with Crippen molar-refractivity contribution in [1.82, 2.24) is 10.2 Å². The molecule has 1 unspecified atom stereocenters. The maximum Gasteiger partial charge on any atom is 0.264 e. The third-order valence-corrected chi connectivity index (χ3v) is 8.76. The highest BCUT2D eigenvalue weighted by atomic mass is 35.5. The molecule has 1 atom stereocenters. The summed E-state index contributed by atoms with van der Waals surface area (Å²) in [5, 5.41) is 3.39. The number of halogens is 1. The van der Waals surface area contributed by atoms with Gasteiger partial charge in [0.2, 0.25) is 11.8 Å². The second kappa shape index (κ2) is 13.0. The molecule has 0 bridgehead atoms. The lowest BCUT2D eigenvalue weighted by molar-refractivity contribution is -0.141. The molecule has 2 amide bonds. The lowest BCUT2D eigenvalue weighted by Crippen LogP contribution is -2.55. The van der Waals surface area contributed by atoms with Gasteiger partial charge in [-0.3, -0.25) is 13.9 Å². The molecule has 1 aliphatic heterocycles. The zero-order valence-electron chi connectivity index (χ0n) is 24.2. The van der Waals surface area contributed by atoms with Crippen LogP contribution in [0.2, 0.25) is 5.02 Å². The summed E-state index contributed by atoms with van der Waals surface area (Å²) in [6.45, 7) is 7.50. The lowest BCUT2D eigenvalue weighted by Gasteiger charge is -2.35. The van der Waals surface area contributed by atoms with Crippen LogP contribution in [-0.4, -0.2) is 56.5 Å². The van der Waals surface area contributed by atoms with Gasteiger partial charge in [0.1, 0.15) is 25.8 Å². The third kappa shape index (κ3) is 7.35. The van der Waals surface area contributed by atoms with Crippen LogP contribution in [0.5, 0.6) is 11.5 Å². The first-order valence-corrected chi connectivity index (χ1v) is 15.5. The Balaban J connectivity index is 1.77. The van der Waals surface area contributed by atoms with E-state index >= 15 is 0 Å². The second-order valence-electron chi connectivity index (χ2n) is 10.9. The van der Waals surface area contributed by atoms with Crippen LogP contribution in [-0.2, 0) is 26.2 Å². The Kier molecular flexibility index (Phi) is 9.68. The monoisotopic (exact) mass is 613 g/mol. The molecule has 42 heavy (non-hydrogen) atoms. The Morgan fingerprint density at radius 2 is 1.60 bits per heavy atom. The highest BCUT2D eigenvalue weighted by molar-refractivity contribution is 7.92. The SMILES string of the molecule is CCC(C(=O)NC(C)(C)C)N(Cc1ccccc1Cl)C(=O)CN(c1ccc2c(c1)OCCO2)S(=O)(=O)c1ccccc1. The highest BCUT2D eigenvalue weighted by Gasteiger charge is 2.35. The smallest absolute Gasteiger partial charge is 0.264 e. The van der Waals surface area contributed by atoms with E-state index in [9.17, 15) is 18.0 Å². The molecule has 3 aromatic rings. The van der Waals surface area contributed by atoms with Gasteiger partial charge in [-0.05, 0) is 63.1 Å². The van der Waals surface area contributed by atoms with Crippen LogP contribution < -0.4 is 19.1 Å². The van der Waals surface area contributed by atoms with E-state index in [2.05, 4.69) is 5.32 Å². The van der Waals surface area contributed by atoms with Gasteiger partial charge in [0.05, 0.1) is 10.6 Å². The van der Waals surface area contributed by atoms with E-state index in [-0.39, 0.29) is 23.0 Å². The Hall–Kier alpha value is -3.76. The maximum absolute atomic E-state index is 14.2. The largest absolute Gasteiger partial charge is 0.486 e. The zero-order valence-corrected chi connectivity index (χ0v) is 25.7. The fourth-order valence-electron chi connectivity index (χ4n) is 4.62. The number of benzene rings is 3. The molecule has 11 heteroatoms. The summed E-state index contributed by atoms with van der Waals surface area (Å²) in [6.07, 6.45) is 0.299. The van der Waals surface area contributed by atoms with Crippen LogP contribution in [0.3, 0.4) is 0 Å². The van der Waals surface area contributed by atoms with Crippen molar-refractivity contribution in [2.45, 2.75) is 57.1 Å². The Labute approximate surface area is 252 Å². The first-order chi connectivity index (χ1) is 19.9. The van der Waals surface area contributed by atoms with Crippen molar-refractivity contribution in [1.29, 1.82) is 0 Å². The minimum atomic E-state index is -4.21. The Morgan fingerprint density at radius 1 is 0.952 bits per heavy atom. The summed E-state index contributed by atoms with van der Waals surface area (Å²) in [5.41, 5.74) is 0.310. The fraction of sp³-hybridized carbons (Fsp3) is 0.355. The third-order valence-electron chi connectivity index (χ3n) is 6.61. The Morgan fingerprint density at radius 3 is 2.24 bits per heavy atom. The summed E-state index contributed by atoms with van der Waals surface area (Å²) in [4.78, 5) is 29.1. The second-order valence-corrected chi connectivity index (χ2v) is 13.2. The number of sulfonamides is 1. The van der Waals surface area contributed by atoms with E-state index in [0.29, 0.717) is 41.7 Å². The van der Waals surface area contributed by atoms with E-state index in [1.54, 1.807) is 67.6 Å². The fourth-order valence-corrected chi connectivity index (χ4v) is 6.24. The predicted octanol–water partition coefficient (Wildman–Crippen LogP) is 5.03. The average Bonchev–Trinajstić information content (AvgIpc) is 2.96. The van der Waals surface area contributed by atoms with Crippen LogP contribution in [0.15, 0.2) is 77.7 Å². The van der Waals surface area contributed by atoms with Crippen molar-refractivity contribution in [2.75, 3.05) is 24.1 Å². The number of ether oxygens (including phenoxy) is 2. The summed E-state index contributed by atoms with van der Waals surface area (Å²) in [6, 6.07) is 18.8. The van der Waals surface area contributed by atoms with Crippen LogP contribution in [0.25, 0.3) is 0 Å². The highest BCUT2D eigenvalue weighted by Crippen LogP contribution is 2.36. The van der Waals surface area contributed by atoms with Gasteiger partial charge in [-0.15, -0.1) is 0 Å². The minimum absolute atomic E-state index is 0.00887. The first-order valence-electron chi connectivity index (χ1n) is 13.7. The van der Waals surface area contributed by atoms with Gasteiger partial charge in [-0.25, -0.2) is 8.42 Å². The normalized spacial score (nSPS) is 13.6. The molecule has 1 heterocycles. The predicted molar refractivity (Wildman–Crippen MR) is 162 cm³/mol. The van der Waals surface area contributed by atoms with Gasteiger partial charge in [-0.1, -0.05) is 54.9 Å². The van der Waals surface area contributed by atoms with Crippen molar-refractivity contribution >= 4 is 39.1 Å². The molecule has 1 N–H and O–H groups in total. The molecule has 0 spiro atoms. The van der Waals surface area contributed by atoms with Crippen LogP contribution in [0, 0.1) is 0 Å². The number of nitrogens with zero attached hydrogens (tertiary/aromatic N) is 2. The van der Waals surface area contributed by atoms with Crippen LogP contribution in [0.4, 0.5) is 5.69 Å². The topological polar surface area (TPSA) is 105 Å². The summed E-state index contributed by atoms with van der Waals surface area (Å²) >= 11 is 6.46. The summed E-state index contributed by atoms with van der Waals surface area (Å²) in [7, 11) is -4.21. The van der Waals surface area contributed by atoms with E-state index in [0.717, 1.165) is 4.31 Å².